The smallest absolute Gasteiger partial charge is 0.227 e. The molecule has 112 valence electrons. The molecule has 2 aliphatic heterocycles. The lowest BCUT2D eigenvalue weighted by molar-refractivity contribution is -0.131. The summed E-state index contributed by atoms with van der Waals surface area (Å²) < 4.78 is 13.2. The van der Waals surface area contributed by atoms with Gasteiger partial charge in [0.25, 0.3) is 0 Å². The summed E-state index contributed by atoms with van der Waals surface area (Å²) in [7, 11) is 0. The zero-order chi connectivity index (χ0) is 14.4. The summed E-state index contributed by atoms with van der Waals surface area (Å²) in [5.74, 6) is 1.59. The van der Waals surface area contributed by atoms with E-state index >= 15 is 0 Å². The lowest BCUT2D eigenvalue weighted by Crippen LogP contribution is -2.33. The van der Waals surface area contributed by atoms with Crippen LogP contribution >= 0.6 is 0 Å². The van der Waals surface area contributed by atoms with Crippen LogP contribution in [0.2, 0.25) is 0 Å². The number of hydrogen-bond acceptors (Lipinski definition) is 2. The van der Waals surface area contributed by atoms with Crippen LogP contribution in [-0.4, -0.2) is 41.9 Å². The van der Waals surface area contributed by atoms with Crippen LogP contribution in [0, 0.1) is 23.6 Å². The number of benzene rings is 1. The molecule has 3 aliphatic rings. The molecule has 0 bridgehead atoms. The number of halogens is 1. The van der Waals surface area contributed by atoms with Crippen LogP contribution in [0.5, 0.6) is 0 Å². The molecular weight excluding hydrogens is 267 g/mol. The molecule has 0 spiro atoms. The van der Waals surface area contributed by atoms with Crippen molar-refractivity contribution in [2.24, 2.45) is 17.8 Å². The predicted molar refractivity (Wildman–Crippen MR) is 78.0 cm³/mol. The molecule has 1 aromatic carbocycles. The SMILES string of the molecule is O=C1[C@H]2CN(CC3CC3)C[C@H]2CN1Cc1cccc(F)c1. The molecule has 1 amide bonds. The quantitative estimate of drug-likeness (QED) is 0.847. The number of carbonyl (C=O) groups excluding carboxylic acids is 1. The normalized spacial score (nSPS) is 29.2. The molecule has 2 saturated heterocycles. The molecule has 0 aromatic heterocycles. The van der Waals surface area contributed by atoms with E-state index < -0.39 is 0 Å². The van der Waals surface area contributed by atoms with E-state index in [1.54, 1.807) is 6.07 Å². The topological polar surface area (TPSA) is 23.6 Å². The lowest BCUT2D eigenvalue weighted by Gasteiger charge is -2.21. The van der Waals surface area contributed by atoms with Gasteiger partial charge in [0.2, 0.25) is 5.91 Å². The van der Waals surface area contributed by atoms with Crippen molar-refractivity contribution in [1.29, 1.82) is 0 Å². The lowest BCUT2D eigenvalue weighted by atomic mass is 10.0. The van der Waals surface area contributed by atoms with Gasteiger partial charge in [0.15, 0.2) is 0 Å². The monoisotopic (exact) mass is 288 g/mol. The van der Waals surface area contributed by atoms with E-state index in [0.717, 1.165) is 31.1 Å². The van der Waals surface area contributed by atoms with Crippen molar-refractivity contribution in [2.45, 2.75) is 19.4 Å². The van der Waals surface area contributed by atoms with E-state index in [2.05, 4.69) is 4.90 Å². The van der Waals surface area contributed by atoms with Crippen molar-refractivity contribution in [2.75, 3.05) is 26.2 Å². The van der Waals surface area contributed by atoms with E-state index in [9.17, 15) is 9.18 Å². The number of amides is 1. The van der Waals surface area contributed by atoms with E-state index in [-0.39, 0.29) is 17.6 Å². The first kappa shape index (κ1) is 13.3. The summed E-state index contributed by atoms with van der Waals surface area (Å²) in [6, 6.07) is 6.58. The first-order valence-corrected chi connectivity index (χ1v) is 7.94. The minimum Gasteiger partial charge on any atom is -0.338 e. The van der Waals surface area contributed by atoms with E-state index in [4.69, 9.17) is 0 Å². The summed E-state index contributed by atoms with van der Waals surface area (Å²) in [6.07, 6.45) is 2.73. The Labute approximate surface area is 124 Å². The fourth-order valence-corrected chi connectivity index (χ4v) is 3.85. The van der Waals surface area contributed by atoms with Gasteiger partial charge < -0.3 is 9.80 Å². The molecule has 2 atom stereocenters. The van der Waals surface area contributed by atoms with Gasteiger partial charge in [0.1, 0.15) is 5.82 Å². The van der Waals surface area contributed by atoms with E-state index in [0.29, 0.717) is 12.5 Å². The van der Waals surface area contributed by atoms with Crippen LogP contribution < -0.4 is 0 Å². The molecule has 4 rings (SSSR count). The highest BCUT2D eigenvalue weighted by Crippen LogP contribution is 2.36. The zero-order valence-electron chi connectivity index (χ0n) is 12.2. The third-order valence-electron chi connectivity index (χ3n) is 5.08. The van der Waals surface area contributed by atoms with Gasteiger partial charge in [0.05, 0.1) is 5.92 Å². The van der Waals surface area contributed by atoms with Gasteiger partial charge in [0, 0.05) is 38.6 Å². The summed E-state index contributed by atoms with van der Waals surface area (Å²) >= 11 is 0. The van der Waals surface area contributed by atoms with Crippen LogP contribution in [0.3, 0.4) is 0 Å². The average Bonchev–Trinajstić information content (AvgIpc) is 3.10. The Bertz CT molecular complexity index is 557. The maximum atomic E-state index is 13.2. The minimum atomic E-state index is -0.227. The number of rotatable bonds is 4. The van der Waals surface area contributed by atoms with Crippen molar-refractivity contribution >= 4 is 5.91 Å². The van der Waals surface area contributed by atoms with Gasteiger partial charge in [-0.2, -0.15) is 0 Å². The molecule has 3 fully saturated rings. The van der Waals surface area contributed by atoms with Gasteiger partial charge in [-0.3, -0.25) is 4.79 Å². The van der Waals surface area contributed by atoms with Crippen molar-refractivity contribution in [3.63, 3.8) is 0 Å². The van der Waals surface area contributed by atoms with E-state index in [1.807, 2.05) is 11.0 Å². The Morgan fingerprint density at radius 3 is 2.76 bits per heavy atom. The second-order valence-corrected chi connectivity index (χ2v) is 6.88. The molecule has 2 heterocycles. The summed E-state index contributed by atoms with van der Waals surface area (Å²) in [5, 5.41) is 0. The minimum absolute atomic E-state index is 0.178. The highest BCUT2D eigenvalue weighted by molar-refractivity contribution is 5.82. The van der Waals surface area contributed by atoms with E-state index in [1.165, 1.54) is 31.5 Å². The third kappa shape index (κ3) is 2.69. The van der Waals surface area contributed by atoms with Crippen molar-refractivity contribution in [3.8, 4) is 0 Å². The molecule has 1 saturated carbocycles. The van der Waals surface area contributed by atoms with Gasteiger partial charge in [-0.15, -0.1) is 0 Å². The standard InChI is InChI=1S/C17H21FN2O/c18-15-3-1-2-13(6-15)8-20-10-14-9-19(7-12-4-5-12)11-16(14)17(20)21/h1-3,6,12,14,16H,4-5,7-11H2/t14-,16-/m0/s1. The number of hydrogen-bond donors (Lipinski definition) is 0. The van der Waals surface area contributed by atoms with Gasteiger partial charge in [-0.25, -0.2) is 4.39 Å². The highest BCUT2D eigenvalue weighted by atomic mass is 19.1. The van der Waals surface area contributed by atoms with Crippen LogP contribution in [-0.2, 0) is 11.3 Å². The zero-order valence-corrected chi connectivity index (χ0v) is 12.2. The molecule has 4 heteroatoms. The van der Waals surface area contributed by atoms with Crippen LogP contribution in [0.4, 0.5) is 4.39 Å². The third-order valence-corrected chi connectivity index (χ3v) is 5.08. The van der Waals surface area contributed by atoms with Crippen molar-refractivity contribution in [3.05, 3.63) is 35.6 Å². The fourth-order valence-electron chi connectivity index (χ4n) is 3.85. The Hall–Kier alpha value is -1.42. The maximum Gasteiger partial charge on any atom is 0.227 e. The summed E-state index contributed by atoms with van der Waals surface area (Å²) in [6.45, 7) is 4.56. The second-order valence-electron chi connectivity index (χ2n) is 6.88. The number of fused-ring (bicyclic) bond motifs is 1. The van der Waals surface area contributed by atoms with Gasteiger partial charge in [-0.1, -0.05) is 12.1 Å². The molecule has 0 radical (unpaired) electrons. The van der Waals surface area contributed by atoms with Gasteiger partial charge >= 0.3 is 0 Å². The highest BCUT2D eigenvalue weighted by Gasteiger charge is 2.46. The number of likely N-dealkylation sites (tertiary alicyclic amines) is 2. The predicted octanol–water partition coefficient (Wildman–Crippen LogP) is 2.13. The van der Waals surface area contributed by atoms with Crippen molar-refractivity contribution < 1.29 is 9.18 Å². The molecule has 21 heavy (non-hydrogen) atoms. The van der Waals surface area contributed by atoms with Gasteiger partial charge in [-0.05, 0) is 36.5 Å². The van der Waals surface area contributed by atoms with Crippen LogP contribution in [0.1, 0.15) is 18.4 Å². The Balaban J connectivity index is 1.38. The largest absolute Gasteiger partial charge is 0.338 e. The molecule has 0 N–H and O–H groups in total. The summed E-state index contributed by atoms with van der Waals surface area (Å²) in [5.41, 5.74) is 0.887. The Morgan fingerprint density at radius 1 is 1.19 bits per heavy atom. The molecule has 3 nitrogen and oxygen atoms in total. The van der Waals surface area contributed by atoms with Crippen molar-refractivity contribution in [1.82, 2.24) is 9.80 Å². The number of carbonyl (C=O) groups is 1. The summed E-state index contributed by atoms with van der Waals surface area (Å²) in [4.78, 5) is 16.9. The first-order valence-electron chi connectivity index (χ1n) is 7.94. The Morgan fingerprint density at radius 2 is 2.05 bits per heavy atom. The number of nitrogens with zero attached hydrogens (tertiary/aromatic N) is 2. The Kier molecular flexibility index (Phi) is 3.21. The fraction of sp³-hybridized carbons (Fsp3) is 0.588. The molecule has 1 aromatic rings. The molecule has 1 aliphatic carbocycles. The second kappa shape index (κ2) is 5.09. The molecule has 0 unspecified atom stereocenters. The average molecular weight is 288 g/mol. The van der Waals surface area contributed by atoms with Crippen LogP contribution in [0.25, 0.3) is 0 Å². The maximum absolute atomic E-state index is 13.2. The van der Waals surface area contributed by atoms with Crippen LogP contribution in [0.15, 0.2) is 24.3 Å². The first-order chi connectivity index (χ1) is 10.2. The molecular formula is C17H21FN2O.